The summed E-state index contributed by atoms with van der Waals surface area (Å²) in [4.78, 5) is 17.2. The highest BCUT2D eigenvalue weighted by atomic mass is 16.5. The summed E-state index contributed by atoms with van der Waals surface area (Å²) in [5.74, 6) is 0.511. The van der Waals surface area contributed by atoms with Crippen LogP contribution in [0.1, 0.15) is 21.5 Å². The molecule has 0 saturated carbocycles. The number of nitrogens with one attached hydrogen (secondary N) is 1. The van der Waals surface area contributed by atoms with Crippen molar-refractivity contribution in [2.45, 2.75) is 13.8 Å². The molecule has 0 spiro atoms. The van der Waals surface area contributed by atoms with E-state index in [-0.39, 0.29) is 5.91 Å². The summed E-state index contributed by atoms with van der Waals surface area (Å²) in [7, 11) is 1.60. The predicted octanol–water partition coefficient (Wildman–Crippen LogP) is 4.90. The van der Waals surface area contributed by atoms with Crippen LogP contribution in [0, 0.1) is 13.8 Å². The number of imidazole rings is 1. The van der Waals surface area contributed by atoms with Gasteiger partial charge in [0.2, 0.25) is 0 Å². The molecule has 4 rings (SSSR count). The van der Waals surface area contributed by atoms with Gasteiger partial charge in [0.05, 0.1) is 23.8 Å². The Morgan fingerprint density at radius 2 is 1.89 bits per heavy atom. The number of rotatable bonds is 4. The second kappa shape index (κ2) is 7.19. The number of hydrogen-bond donors (Lipinski definition) is 1. The highest BCUT2D eigenvalue weighted by molar-refractivity contribution is 6.06. The highest BCUT2D eigenvalue weighted by Gasteiger charge is 2.12. The lowest BCUT2D eigenvalue weighted by Crippen LogP contribution is -2.11. The van der Waals surface area contributed by atoms with Gasteiger partial charge in [0.1, 0.15) is 12.1 Å². The summed E-state index contributed by atoms with van der Waals surface area (Å²) in [6, 6.07) is 19.2. The van der Waals surface area contributed by atoms with Crippen molar-refractivity contribution in [2.75, 3.05) is 12.4 Å². The molecule has 0 fully saturated rings. The molecular weight excluding hydrogens is 350 g/mol. The van der Waals surface area contributed by atoms with Gasteiger partial charge >= 0.3 is 0 Å². The monoisotopic (exact) mass is 371 g/mol. The lowest BCUT2D eigenvalue weighted by molar-refractivity contribution is 0.102. The summed E-state index contributed by atoms with van der Waals surface area (Å²) in [6.45, 7) is 4.15. The van der Waals surface area contributed by atoms with Gasteiger partial charge in [-0.2, -0.15) is 0 Å². The molecule has 140 valence electrons. The van der Waals surface area contributed by atoms with Crippen LogP contribution in [0.2, 0.25) is 0 Å². The Morgan fingerprint density at radius 3 is 2.71 bits per heavy atom. The zero-order valence-electron chi connectivity index (χ0n) is 16.1. The van der Waals surface area contributed by atoms with Crippen molar-refractivity contribution in [3.63, 3.8) is 0 Å². The zero-order chi connectivity index (χ0) is 19.7. The standard InChI is InChI=1S/C23H21N3O2/c1-15-7-8-16(2)22(11-15)26-14-24-20-12-17(9-10-21(20)26)23(27)25-18-5-4-6-19(13-18)28-3/h4-14H,1-3H3,(H,25,27). The fraction of sp³-hybridized carbons (Fsp3) is 0.130. The van der Waals surface area contributed by atoms with E-state index in [0.717, 1.165) is 16.7 Å². The van der Waals surface area contributed by atoms with E-state index in [4.69, 9.17) is 4.74 Å². The summed E-state index contributed by atoms with van der Waals surface area (Å²) in [6.07, 6.45) is 1.80. The number of hydrogen-bond acceptors (Lipinski definition) is 3. The zero-order valence-corrected chi connectivity index (χ0v) is 16.1. The summed E-state index contributed by atoms with van der Waals surface area (Å²) < 4.78 is 7.26. The molecule has 28 heavy (non-hydrogen) atoms. The number of carbonyl (C=O) groups is 1. The smallest absolute Gasteiger partial charge is 0.255 e. The van der Waals surface area contributed by atoms with Crippen LogP contribution in [0.25, 0.3) is 16.7 Å². The predicted molar refractivity (Wildman–Crippen MR) is 111 cm³/mol. The second-order valence-electron chi connectivity index (χ2n) is 6.79. The lowest BCUT2D eigenvalue weighted by atomic mass is 10.1. The molecule has 1 amide bonds. The highest BCUT2D eigenvalue weighted by Crippen LogP contribution is 2.23. The quantitative estimate of drug-likeness (QED) is 0.555. The van der Waals surface area contributed by atoms with Crippen LogP contribution < -0.4 is 10.1 Å². The average molecular weight is 371 g/mol. The number of benzene rings is 3. The first-order valence-electron chi connectivity index (χ1n) is 9.05. The first kappa shape index (κ1) is 17.8. The van der Waals surface area contributed by atoms with Crippen molar-refractivity contribution in [2.24, 2.45) is 0 Å². The minimum atomic E-state index is -0.184. The van der Waals surface area contributed by atoms with Crippen LogP contribution >= 0.6 is 0 Å². The van der Waals surface area contributed by atoms with Crippen molar-refractivity contribution in [3.8, 4) is 11.4 Å². The van der Waals surface area contributed by atoms with Crippen molar-refractivity contribution >= 4 is 22.6 Å². The largest absolute Gasteiger partial charge is 0.497 e. The summed E-state index contributed by atoms with van der Waals surface area (Å²) in [5.41, 5.74) is 6.44. The molecule has 0 radical (unpaired) electrons. The number of aromatic nitrogens is 2. The van der Waals surface area contributed by atoms with E-state index in [2.05, 4.69) is 46.9 Å². The number of anilines is 1. The molecule has 1 N–H and O–H groups in total. The van der Waals surface area contributed by atoms with Crippen LogP contribution in [-0.4, -0.2) is 22.6 Å². The third kappa shape index (κ3) is 3.34. The maximum atomic E-state index is 12.6. The Labute approximate surface area is 163 Å². The first-order valence-corrected chi connectivity index (χ1v) is 9.05. The maximum Gasteiger partial charge on any atom is 0.255 e. The van der Waals surface area contributed by atoms with Gasteiger partial charge < -0.3 is 10.1 Å². The van der Waals surface area contributed by atoms with Gasteiger partial charge in [-0.3, -0.25) is 9.36 Å². The Balaban J connectivity index is 1.65. The number of amides is 1. The molecule has 0 aliphatic carbocycles. The SMILES string of the molecule is COc1cccc(NC(=O)c2ccc3c(c2)ncn3-c2cc(C)ccc2C)c1. The van der Waals surface area contributed by atoms with Gasteiger partial charge in [-0.05, 0) is 61.4 Å². The fourth-order valence-corrected chi connectivity index (χ4v) is 3.23. The second-order valence-corrected chi connectivity index (χ2v) is 6.79. The molecule has 5 heteroatoms. The Kier molecular flexibility index (Phi) is 4.57. The van der Waals surface area contributed by atoms with E-state index in [1.54, 1.807) is 19.5 Å². The van der Waals surface area contributed by atoms with Crippen molar-refractivity contribution in [3.05, 3.63) is 83.7 Å². The summed E-state index contributed by atoms with van der Waals surface area (Å²) >= 11 is 0. The van der Waals surface area contributed by atoms with E-state index in [1.165, 1.54) is 11.1 Å². The topological polar surface area (TPSA) is 56.1 Å². The molecule has 0 aliphatic rings. The van der Waals surface area contributed by atoms with Gasteiger partial charge in [0.25, 0.3) is 5.91 Å². The van der Waals surface area contributed by atoms with Crippen LogP contribution in [0.5, 0.6) is 5.75 Å². The average Bonchev–Trinajstić information content (AvgIpc) is 3.13. The molecule has 3 aromatic carbocycles. The van der Waals surface area contributed by atoms with Gasteiger partial charge in [-0.25, -0.2) is 4.98 Å². The third-order valence-corrected chi connectivity index (χ3v) is 4.76. The van der Waals surface area contributed by atoms with E-state index < -0.39 is 0 Å². The molecule has 0 unspecified atom stereocenters. The van der Waals surface area contributed by atoms with E-state index >= 15 is 0 Å². The van der Waals surface area contributed by atoms with Crippen LogP contribution in [0.3, 0.4) is 0 Å². The van der Waals surface area contributed by atoms with Crippen LogP contribution in [-0.2, 0) is 0 Å². The molecule has 4 aromatic rings. The molecule has 0 aliphatic heterocycles. The third-order valence-electron chi connectivity index (χ3n) is 4.76. The minimum absolute atomic E-state index is 0.184. The maximum absolute atomic E-state index is 12.6. The van der Waals surface area contributed by atoms with E-state index in [1.807, 2.05) is 36.4 Å². The van der Waals surface area contributed by atoms with Crippen molar-refractivity contribution < 1.29 is 9.53 Å². The number of nitrogens with zero attached hydrogens (tertiary/aromatic N) is 2. The lowest BCUT2D eigenvalue weighted by Gasteiger charge is -2.10. The number of carbonyl (C=O) groups excluding carboxylic acids is 1. The Hall–Kier alpha value is -3.60. The molecule has 1 heterocycles. The molecule has 0 atom stereocenters. The molecular formula is C23H21N3O2. The molecule has 1 aromatic heterocycles. The number of aryl methyl sites for hydroxylation is 2. The van der Waals surface area contributed by atoms with Gasteiger partial charge in [0.15, 0.2) is 0 Å². The number of methoxy groups -OCH3 is 1. The van der Waals surface area contributed by atoms with Gasteiger partial charge in [0, 0.05) is 17.3 Å². The van der Waals surface area contributed by atoms with E-state index in [0.29, 0.717) is 17.0 Å². The van der Waals surface area contributed by atoms with Crippen LogP contribution in [0.15, 0.2) is 67.0 Å². The van der Waals surface area contributed by atoms with Gasteiger partial charge in [-0.1, -0.05) is 18.2 Å². The Bertz CT molecular complexity index is 1180. The van der Waals surface area contributed by atoms with E-state index in [9.17, 15) is 4.79 Å². The fourth-order valence-electron chi connectivity index (χ4n) is 3.23. The molecule has 5 nitrogen and oxygen atoms in total. The normalized spacial score (nSPS) is 10.8. The van der Waals surface area contributed by atoms with Crippen molar-refractivity contribution in [1.82, 2.24) is 9.55 Å². The number of fused-ring (bicyclic) bond motifs is 1. The van der Waals surface area contributed by atoms with Crippen LogP contribution in [0.4, 0.5) is 5.69 Å². The van der Waals surface area contributed by atoms with Gasteiger partial charge in [-0.15, -0.1) is 0 Å². The molecule has 0 bridgehead atoms. The molecule has 0 saturated heterocycles. The first-order chi connectivity index (χ1) is 13.5. The van der Waals surface area contributed by atoms with Crippen molar-refractivity contribution in [1.29, 1.82) is 0 Å². The summed E-state index contributed by atoms with van der Waals surface area (Å²) in [5, 5.41) is 2.90. The minimum Gasteiger partial charge on any atom is -0.497 e. The number of ether oxygens (including phenoxy) is 1. The Morgan fingerprint density at radius 1 is 1.04 bits per heavy atom.